The quantitative estimate of drug-likeness (QED) is 0.687. The molecule has 5 atom stereocenters. The lowest BCUT2D eigenvalue weighted by Gasteiger charge is -2.36. The summed E-state index contributed by atoms with van der Waals surface area (Å²) < 4.78 is 29.1. The number of ether oxygens (including phenoxy) is 2. The van der Waals surface area contributed by atoms with E-state index < -0.39 is 30.8 Å². The lowest BCUT2D eigenvalue weighted by Crippen LogP contribution is -2.47. The molecule has 2 aromatic heterocycles. The zero-order valence-electron chi connectivity index (χ0n) is 14.2. The summed E-state index contributed by atoms with van der Waals surface area (Å²) in [6, 6.07) is 0. The molecule has 11 nitrogen and oxygen atoms in total. The summed E-state index contributed by atoms with van der Waals surface area (Å²) >= 11 is 5.25. The van der Waals surface area contributed by atoms with Crippen LogP contribution in [0.1, 0.15) is 13.2 Å². The molecule has 2 aliphatic heterocycles. The maximum Gasteiger partial charge on any atom is 0.327 e. The predicted octanol–water partition coefficient (Wildman–Crippen LogP) is 0.352. The first-order chi connectivity index (χ1) is 12.3. The number of hydrogen-bond acceptors (Lipinski definition) is 11. The molecule has 2 unspecified atom stereocenters. The van der Waals surface area contributed by atoms with Crippen LogP contribution in [0.4, 0.5) is 5.95 Å². The first-order valence-electron chi connectivity index (χ1n) is 7.69. The molecule has 0 bridgehead atoms. The van der Waals surface area contributed by atoms with Gasteiger partial charge in [-0.25, -0.2) is 4.98 Å². The first-order valence-corrected chi connectivity index (χ1v) is 10.3. The van der Waals surface area contributed by atoms with E-state index >= 15 is 0 Å². The second kappa shape index (κ2) is 6.06. The van der Waals surface area contributed by atoms with Crippen LogP contribution in [0.3, 0.4) is 0 Å². The fraction of sp³-hybridized carbons (Fsp3) is 0.615. The molecule has 0 radical (unpaired) electrons. The van der Waals surface area contributed by atoms with E-state index in [0.29, 0.717) is 11.2 Å². The third-order valence-corrected chi connectivity index (χ3v) is 6.85. The first kappa shape index (κ1) is 18.0. The highest BCUT2D eigenvalue weighted by molar-refractivity contribution is 8.07. The molecule has 13 heteroatoms. The summed E-state index contributed by atoms with van der Waals surface area (Å²) in [5, 5.41) is 11.2. The summed E-state index contributed by atoms with van der Waals surface area (Å²) in [6.07, 6.45) is -0.640. The van der Waals surface area contributed by atoms with Gasteiger partial charge < -0.3 is 29.4 Å². The summed E-state index contributed by atoms with van der Waals surface area (Å²) in [7, 11) is 2.87. The number of rotatable bonds is 3. The highest BCUT2D eigenvalue weighted by Gasteiger charge is 2.59. The van der Waals surface area contributed by atoms with Gasteiger partial charge >= 0.3 is 6.72 Å². The van der Waals surface area contributed by atoms with Gasteiger partial charge in [0.25, 0.3) is 0 Å². The Labute approximate surface area is 153 Å². The average molecular weight is 403 g/mol. The predicted molar refractivity (Wildman–Crippen MR) is 92.9 cm³/mol. The molecule has 142 valence electrons. The number of fused-ring (bicyclic) bond motifs is 2. The van der Waals surface area contributed by atoms with E-state index in [4.69, 9.17) is 40.6 Å². The molecular formula is C13H18N5O6PS. The van der Waals surface area contributed by atoms with E-state index in [9.17, 15) is 5.11 Å². The van der Waals surface area contributed by atoms with Crippen molar-refractivity contribution in [1.29, 1.82) is 0 Å². The SMILES string of the molecule is COc1nc(N)nc2c1ncn2[C@@H]1OC2COP(=S)(OC)O[C@H]2[C@@]1(C)O. The Morgan fingerprint density at radius 1 is 1.46 bits per heavy atom. The van der Waals surface area contributed by atoms with Crippen molar-refractivity contribution in [3.8, 4) is 5.88 Å². The number of nitrogens with zero attached hydrogens (tertiary/aromatic N) is 4. The number of aliphatic hydroxyl groups is 1. The molecule has 4 rings (SSSR count). The molecule has 2 fully saturated rings. The molecule has 4 heterocycles. The molecule has 3 N–H and O–H groups in total. The number of nitrogen functional groups attached to an aromatic ring is 1. The third kappa shape index (κ3) is 2.61. The Hall–Kier alpha value is -1.40. The molecule has 0 amide bonds. The van der Waals surface area contributed by atoms with Crippen LogP contribution in [-0.2, 0) is 30.1 Å². The van der Waals surface area contributed by atoms with Gasteiger partial charge in [0.1, 0.15) is 17.8 Å². The third-order valence-electron chi connectivity index (χ3n) is 4.43. The van der Waals surface area contributed by atoms with Gasteiger partial charge in [0.15, 0.2) is 17.4 Å². The molecule has 0 aromatic carbocycles. The minimum atomic E-state index is -2.91. The van der Waals surface area contributed by atoms with E-state index in [1.54, 1.807) is 11.5 Å². The Kier molecular flexibility index (Phi) is 4.19. The van der Waals surface area contributed by atoms with Crippen molar-refractivity contribution >= 4 is 35.6 Å². The highest BCUT2D eigenvalue weighted by Crippen LogP contribution is 2.58. The number of aromatic nitrogens is 4. The van der Waals surface area contributed by atoms with Crippen LogP contribution in [0.2, 0.25) is 0 Å². The number of nitrogens with two attached hydrogens (primary N) is 1. The molecule has 2 saturated heterocycles. The Morgan fingerprint density at radius 3 is 2.92 bits per heavy atom. The van der Waals surface area contributed by atoms with Crippen molar-refractivity contribution < 1.29 is 28.2 Å². The largest absolute Gasteiger partial charge is 0.479 e. The maximum atomic E-state index is 11.2. The zero-order chi connectivity index (χ0) is 18.7. The zero-order valence-corrected chi connectivity index (χ0v) is 15.9. The van der Waals surface area contributed by atoms with Crippen LogP contribution in [0.5, 0.6) is 5.88 Å². The Balaban J connectivity index is 1.77. The minimum absolute atomic E-state index is 0.0145. The average Bonchev–Trinajstić information content (AvgIpc) is 3.13. The number of methoxy groups -OCH3 is 1. The molecule has 2 aliphatic rings. The van der Waals surface area contributed by atoms with Crippen LogP contribution in [0, 0.1) is 0 Å². The van der Waals surface area contributed by atoms with Crippen molar-refractivity contribution in [2.75, 3.05) is 26.6 Å². The van der Waals surface area contributed by atoms with Crippen molar-refractivity contribution in [3.63, 3.8) is 0 Å². The second-order valence-electron chi connectivity index (χ2n) is 6.12. The topological polar surface area (TPSA) is 136 Å². The van der Waals surface area contributed by atoms with Crippen LogP contribution < -0.4 is 10.5 Å². The van der Waals surface area contributed by atoms with Gasteiger partial charge in [-0.05, 0) is 18.7 Å². The van der Waals surface area contributed by atoms with E-state index in [1.807, 2.05) is 0 Å². The summed E-state index contributed by atoms with van der Waals surface area (Å²) in [4.78, 5) is 12.5. The van der Waals surface area contributed by atoms with Gasteiger partial charge in [0.2, 0.25) is 11.8 Å². The molecule has 0 aliphatic carbocycles. The van der Waals surface area contributed by atoms with Gasteiger partial charge in [0, 0.05) is 7.11 Å². The number of hydrogen-bond donors (Lipinski definition) is 2. The fourth-order valence-electron chi connectivity index (χ4n) is 3.19. The summed E-state index contributed by atoms with van der Waals surface area (Å²) in [6.45, 7) is -1.17. The molecular weight excluding hydrogens is 385 g/mol. The minimum Gasteiger partial charge on any atom is -0.479 e. The van der Waals surface area contributed by atoms with Gasteiger partial charge in [-0.1, -0.05) is 0 Å². The van der Waals surface area contributed by atoms with Crippen LogP contribution in [0.15, 0.2) is 6.33 Å². The van der Waals surface area contributed by atoms with Gasteiger partial charge in [-0.3, -0.25) is 9.09 Å². The highest BCUT2D eigenvalue weighted by atomic mass is 32.5. The van der Waals surface area contributed by atoms with Crippen molar-refractivity contribution in [3.05, 3.63) is 6.33 Å². The lowest BCUT2D eigenvalue weighted by atomic mass is 9.96. The maximum absolute atomic E-state index is 11.2. The van der Waals surface area contributed by atoms with Crippen LogP contribution in [0.25, 0.3) is 11.2 Å². The smallest absolute Gasteiger partial charge is 0.327 e. The van der Waals surface area contributed by atoms with E-state index in [-0.39, 0.29) is 18.4 Å². The fourth-order valence-corrected chi connectivity index (χ4v) is 4.86. The second-order valence-corrected chi connectivity index (χ2v) is 9.19. The summed E-state index contributed by atoms with van der Waals surface area (Å²) in [5.41, 5.74) is 5.07. The van der Waals surface area contributed by atoms with E-state index in [2.05, 4.69) is 15.0 Å². The van der Waals surface area contributed by atoms with E-state index in [0.717, 1.165) is 0 Å². The van der Waals surface area contributed by atoms with Crippen LogP contribution in [-0.4, -0.2) is 63.3 Å². The Bertz CT molecular complexity index is 907. The van der Waals surface area contributed by atoms with Crippen molar-refractivity contribution in [1.82, 2.24) is 19.5 Å². The Morgan fingerprint density at radius 2 is 2.23 bits per heavy atom. The standard InChI is InChI=1S/C13H18N5O6PS/c1-13(19)8-6(4-22-25(26,21-3)24-8)23-11(13)18-5-15-7-9(18)16-12(14)17-10(7)20-2/h5-6,8,11,19H,4H2,1-3H3,(H2,14,16,17)/t6?,8-,11-,13-,25?/m1/s1. The van der Waals surface area contributed by atoms with Crippen molar-refractivity contribution in [2.45, 2.75) is 31.0 Å². The van der Waals surface area contributed by atoms with Crippen molar-refractivity contribution in [2.24, 2.45) is 0 Å². The molecule has 0 saturated carbocycles. The molecule has 26 heavy (non-hydrogen) atoms. The van der Waals surface area contributed by atoms with E-state index in [1.165, 1.54) is 20.5 Å². The van der Waals surface area contributed by atoms with Crippen LogP contribution >= 0.6 is 6.72 Å². The normalized spacial score (nSPS) is 37.0. The van der Waals surface area contributed by atoms with Gasteiger partial charge in [-0.15, -0.1) is 0 Å². The molecule has 0 spiro atoms. The number of anilines is 1. The van der Waals surface area contributed by atoms with Gasteiger partial charge in [0.05, 0.1) is 20.0 Å². The molecule has 2 aromatic rings. The number of imidazole rings is 1. The monoisotopic (exact) mass is 403 g/mol. The van der Waals surface area contributed by atoms with Gasteiger partial charge in [-0.2, -0.15) is 9.97 Å². The lowest BCUT2D eigenvalue weighted by molar-refractivity contribution is -0.0890. The summed E-state index contributed by atoms with van der Waals surface area (Å²) in [5.74, 6) is 0.247.